The molecular weight excluding hydrogens is 437 g/mol. The number of allylic oxidation sites excluding steroid dienone is 1. The molecule has 2 aromatic carbocycles. The number of hydrogen-bond donors (Lipinski definition) is 1. The first-order valence-corrected chi connectivity index (χ1v) is 10.9. The van der Waals surface area contributed by atoms with Gasteiger partial charge in [0.25, 0.3) is 0 Å². The highest BCUT2D eigenvalue weighted by Crippen LogP contribution is 2.45. The van der Waals surface area contributed by atoms with Gasteiger partial charge in [-0.2, -0.15) is 13.2 Å². The monoisotopic (exact) mass is 462 g/mol. The molecule has 0 aliphatic heterocycles. The lowest BCUT2D eigenvalue weighted by Gasteiger charge is -2.26. The van der Waals surface area contributed by atoms with Gasteiger partial charge in [-0.05, 0) is 48.6 Å². The van der Waals surface area contributed by atoms with Crippen LogP contribution in [0.15, 0.2) is 42.5 Å². The lowest BCUT2D eigenvalue weighted by Crippen LogP contribution is -2.22. The van der Waals surface area contributed by atoms with E-state index in [0.29, 0.717) is 21.6 Å². The minimum atomic E-state index is -4.47. The zero-order valence-corrected chi connectivity index (χ0v) is 19.4. The van der Waals surface area contributed by atoms with Crippen LogP contribution in [0.1, 0.15) is 43.7 Å². The van der Waals surface area contributed by atoms with Gasteiger partial charge in [0.1, 0.15) is 5.75 Å². The molecule has 1 aromatic heterocycles. The number of alkyl halides is 3. The van der Waals surface area contributed by atoms with Gasteiger partial charge in [-0.3, -0.25) is 0 Å². The summed E-state index contributed by atoms with van der Waals surface area (Å²) in [5, 5.41) is 10.3. The molecular formula is C25H25F3O3S. The molecule has 1 heterocycles. The van der Waals surface area contributed by atoms with Crippen molar-refractivity contribution in [1.82, 2.24) is 0 Å². The molecule has 0 aliphatic carbocycles. The van der Waals surface area contributed by atoms with Crippen molar-refractivity contribution in [1.29, 1.82) is 0 Å². The zero-order chi connectivity index (χ0) is 23.8. The SMILES string of the molecule is CC=C(C(=O)O)c1cc2c(-c3cc(C)cc(C(C)(C)C)c3OCC(F)(F)F)cccc2s1. The maximum atomic E-state index is 13.1. The van der Waals surface area contributed by atoms with Crippen molar-refractivity contribution < 1.29 is 27.8 Å². The van der Waals surface area contributed by atoms with Crippen LogP contribution in [0.3, 0.4) is 0 Å². The van der Waals surface area contributed by atoms with Crippen LogP contribution in [0.5, 0.6) is 5.75 Å². The van der Waals surface area contributed by atoms with Crippen LogP contribution < -0.4 is 4.74 Å². The Balaban J connectivity index is 2.30. The average molecular weight is 463 g/mol. The average Bonchev–Trinajstić information content (AvgIpc) is 3.08. The zero-order valence-electron chi connectivity index (χ0n) is 18.6. The van der Waals surface area contributed by atoms with Crippen molar-refractivity contribution >= 4 is 33.0 Å². The van der Waals surface area contributed by atoms with Gasteiger partial charge in [-0.25, -0.2) is 4.79 Å². The summed E-state index contributed by atoms with van der Waals surface area (Å²) in [5.41, 5.74) is 2.59. The Morgan fingerprint density at radius 1 is 1.12 bits per heavy atom. The van der Waals surface area contributed by atoms with Crippen molar-refractivity contribution in [3.63, 3.8) is 0 Å². The van der Waals surface area contributed by atoms with Crippen molar-refractivity contribution in [2.24, 2.45) is 0 Å². The Morgan fingerprint density at radius 2 is 1.81 bits per heavy atom. The van der Waals surface area contributed by atoms with Gasteiger partial charge < -0.3 is 9.84 Å². The lowest BCUT2D eigenvalue weighted by atomic mass is 9.83. The van der Waals surface area contributed by atoms with Gasteiger partial charge in [-0.15, -0.1) is 11.3 Å². The molecule has 0 radical (unpaired) electrons. The summed E-state index contributed by atoms with van der Waals surface area (Å²) < 4.78 is 45.4. The second kappa shape index (κ2) is 8.62. The van der Waals surface area contributed by atoms with Gasteiger partial charge in [0.2, 0.25) is 0 Å². The molecule has 32 heavy (non-hydrogen) atoms. The number of halogens is 3. The first kappa shape index (κ1) is 23.9. The molecule has 0 unspecified atom stereocenters. The minimum absolute atomic E-state index is 0.185. The van der Waals surface area contributed by atoms with Crippen LogP contribution in [0.25, 0.3) is 26.8 Å². The third kappa shape index (κ3) is 4.99. The van der Waals surface area contributed by atoms with E-state index in [9.17, 15) is 23.1 Å². The maximum absolute atomic E-state index is 13.1. The van der Waals surface area contributed by atoms with Gasteiger partial charge in [0.05, 0.1) is 5.57 Å². The lowest BCUT2D eigenvalue weighted by molar-refractivity contribution is -0.153. The Hall–Kier alpha value is -2.80. The topological polar surface area (TPSA) is 46.5 Å². The normalized spacial score (nSPS) is 12.9. The van der Waals surface area contributed by atoms with E-state index in [1.54, 1.807) is 13.0 Å². The van der Waals surface area contributed by atoms with Crippen LogP contribution >= 0.6 is 11.3 Å². The second-order valence-electron chi connectivity index (χ2n) is 8.68. The quantitative estimate of drug-likeness (QED) is 0.397. The standard InChI is InChI=1S/C25H25F3O3S/c1-6-15(23(29)30)21-12-17-16(8-7-9-20(17)32-21)18-10-14(2)11-19(24(3,4)5)22(18)31-13-25(26,27)28/h6-12H,13H2,1-5H3,(H,29,30). The second-order valence-corrected chi connectivity index (χ2v) is 9.76. The fourth-order valence-corrected chi connectivity index (χ4v) is 4.79. The van der Waals surface area contributed by atoms with Gasteiger partial charge in [0, 0.05) is 26.1 Å². The number of carboxylic acids is 1. The molecule has 0 spiro atoms. The van der Waals surface area contributed by atoms with Crippen LogP contribution in [-0.2, 0) is 10.2 Å². The molecule has 0 saturated heterocycles. The molecule has 0 saturated carbocycles. The predicted molar refractivity (Wildman–Crippen MR) is 124 cm³/mol. The van der Waals surface area contributed by atoms with Crippen LogP contribution in [0, 0.1) is 6.92 Å². The van der Waals surface area contributed by atoms with E-state index < -0.39 is 24.2 Å². The predicted octanol–water partition coefficient (Wildman–Crippen LogP) is 7.60. The first-order valence-electron chi connectivity index (χ1n) is 10.1. The molecule has 0 atom stereocenters. The van der Waals surface area contributed by atoms with E-state index in [0.717, 1.165) is 15.6 Å². The van der Waals surface area contributed by atoms with Crippen molar-refractivity contribution in [3.8, 4) is 16.9 Å². The summed E-state index contributed by atoms with van der Waals surface area (Å²) in [5.74, 6) is -0.828. The molecule has 0 fully saturated rings. The number of carboxylic acid groups (broad SMARTS) is 1. The summed E-state index contributed by atoms with van der Waals surface area (Å²) in [7, 11) is 0. The largest absolute Gasteiger partial charge is 0.483 e. The Bertz CT molecular complexity index is 1200. The highest BCUT2D eigenvalue weighted by atomic mass is 32.1. The molecule has 170 valence electrons. The van der Waals surface area contributed by atoms with Gasteiger partial charge in [0.15, 0.2) is 6.61 Å². The van der Waals surface area contributed by atoms with Gasteiger partial charge >= 0.3 is 12.1 Å². The number of carbonyl (C=O) groups is 1. The number of rotatable bonds is 5. The van der Waals surface area contributed by atoms with Crippen molar-refractivity contribution in [2.75, 3.05) is 6.61 Å². The van der Waals surface area contributed by atoms with E-state index in [1.807, 2.05) is 58.0 Å². The van der Waals surface area contributed by atoms with Crippen LogP contribution in [0.4, 0.5) is 13.2 Å². The smallest absolute Gasteiger partial charge is 0.422 e. The first-order chi connectivity index (χ1) is 14.8. The van der Waals surface area contributed by atoms with E-state index >= 15 is 0 Å². The Labute approximate surface area is 189 Å². The molecule has 3 rings (SSSR count). The number of hydrogen-bond acceptors (Lipinski definition) is 3. The summed E-state index contributed by atoms with van der Waals surface area (Å²) in [4.78, 5) is 12.2. The Morgan fingerprint density at radius 3 is 2.38 bits per heavy atom. The molecule has 0 bridgehead atoms. The third-order valence-electron chi connectivity index (χ3n) is 5.06. The van der Waals surface area contributed by atoms with E-state index in [-0.39, 0.29) is 11.3 Å². The van der Waals surface area contributed by atoms with Crippen LogP contribution in [-0.4, -0.2) is 23.9 Å². The molecule has 0 aliphatic rings. The number of aliphatic carboxylic acids is 1. The van der Waals surface area contributed by atoms with E-state index in [4.69, 9.17) is 4.74 Å². The fraction of sp³-hybridized carbons (Fsp3) is 0.320. The number of thiophene rings is 1. The van der Waals surface area contributed by atoms with Crippen molar-refractivity contribution in [2.45, 2.75) is 46.2 Å². The number of benzene rings is 2. The highest BCUT2D eigenvalue weighted by molar-refractivity contribution is 7.20. The maximum Gasteiger partial charge on any atom is 0.422 e. The fourth-order valence-electron chi connectivity index (χ4n) is 3.64. The molecule has 1 N–H and O–H groups in total. The summed E-state index contributed by atoms with van der Waals surface area (Å²) in [6.45, 7) is 7.96. The third-order valence-corrected chi connectivity index (χ3v) is 6.19. The highest BCUT2D eigenvalue weighted by Gasteiger charge is 2.31. The molecule has 3 nitrogen and oxygen atoms in total. The summed E-state index contributed by atoms with van der Waals surface area (Å²) in [6, 6.07) is 11.0. The Kier molecular flexibility index (Phi) is 6.43. The summed E-state index contributed by atoms with van der Waals surface area (Å²) >= 11 is 1.33. The summed E-state index contributed by atoms with van der Waals surface area (Å²) in [6.07, 6.45) is -2.93. The van der Waals surface area contributed by atoms with E-state index in [1.165, 1.54) is 17.4 Å². The number of ether oxygens (including phenoxy) is 1. The molecule has 0 amide bonds. The molecule has 7 heteroatoms. The van der Waals surface area contributed by atoms with E-state index in [2.05, 4.69) is 0 Å². The number of fused-ring (bicyclic) bond motifs is 1. The van der Waals surface area contributed by atoms with Crippen LogP contribution in [0.2, 0.25) is 0 Å². The van der Waals surface area contributed by atoms with Crippen molar-refractivity contribution in [3.05, 3.63) is 58.5 Å². The minimum Gasteiger partial charge on any atom is -0.483 e. The number of aryl methyl sites for hydroxylation is 1. The van der Waals surface area contributed by atoms with Gasteiger partial charge in [-0.1, -0.05) is 45.0 Å². The molecule has 3 aromatic rings.